The van der Waals surface area contributed by atoms with Crippen molar-refractivity contribution in [3.63, 3.8) is 0 Å². The third-order valence-electron chi connectivity index (χ3n) is 4.65. The first kappa shape index (κ1) is 23.2. The van der Waals surface area contributed by atoms with Crippen LogP contribution in [0.5, 0.6) is 5.75 Å². The normalized spacial score (nSPS) is 11.9. The summed E-state index contributed by atoms with van der Waals surface area (Å²) in [6.45, 7) is 2.29. The first-order valence-electron chi connectivity index (χ1n) is 9.98. The predicted molar refractivity (Wildman–Crippen MR) is 122 cm³/mol. The fraction of sp³-hybridized carbons (Fsp3) is 0.130. The Hall–Kier alpha value is -3.99. The average Bonchev–Trinajstić information content (AvgIpc) is 3.43. The van der Waals surface area contributed by atoms with Crippen molar-refractivity contribution in [2.75, 3.05) is 5.32 Å². The molecule has 4 aromatic heterocycles. The second-order valence-corrected chi connectivity index (χ2v) is 8.02. The lowest BCUT2D eigenvalue weighted by molar-refractivity contribution is -0.274. The van der Waals surface area contributed by atoms with E-state index < -0.39 is 12.1 Å². The standard InChI is InChI=1S/C23H18F3N5O2S/c1-15(19-5-4-18(12-28-19)33-23(24,25)26)11-17-14-34-22(29-17)30-21(32)20-3-2-10-31(20)13-16-6-8-27-9-7-16/h2-12,14H,13H2,1H3,(H,29,30,32). The van der Waals surface area contributed by atoms with E-state index in [1.54, 1.807) is 42.9 Å². The summed E-state index contributed by atoms with van der Waals surface area (Å²) in [6, 6.07) is 9.92. The molecular weight excluding hydrogens is 467 g/mol. The number of rotatable bonds is 7. The van der Waals surface area contributed by atoms with Gasteiger partial charge in [-0.05, 0) is 60.5 Å². The van der Waals surface area contributed by atoms with Crippen LogP contribution in [-0.4, -0.2) is 31.8 Å². The van der Waals surface area contributed by atoms with Gasteiger partial charge in [-0.3, -0.25) is 20.1 Å². The lowest BCUT2D eigenvalue weighted by Gasteiger charge is -2.09. The van der Waals surface area contributed by atoms with Gasteiger partial charge >= 0.3 is 6.36 Å². The molecule has 11 heteroatoms. The van der Waals surface area contributed by atoms with E-state index in [2.05, 4.69) is 25.0 Å². The zero-order valence-electron chi connectivity index (χ0n) is 17.8. The molecule has 4 heterocycles. The highest BCUT2D eigenvalue weighted by molar-refractivity contribution is 7.14. The highest BCUT2D eigenvalue weighted by Crippen LogP contribution is 2.25. The number of amides is 1. The molecule has 0 aliphatic rings. The first-order chi connectivity index (χ1) is 16.3. The van der Waals surface area contributed by atoms with Crippen LogP contribution >= 0.6 is 11.3 Å². The number of pyridine rings is 2. The Morgan fingerprint density at radius 3 is 2.71 bits per heavy atom. The highest BCUT2D eigenvalue weighted by Gasteiger charge is 2.31. The zero-order valence-corrected chi connectivity index (χ0v) is 18.6. The third-order valence-corrected chi connectivity index (χ3v) is 5.42. The van der Waals surface area contributed by atoms with Gasteiger partial charge in [0.1, 0.15) is 11.4 Å². The highest BCUT2D eigenvalue weighted by atomic mass is 32.1. The number of nitrogens with one attached hydrogen (secondary N) is 1. The second-order valence-electron chi connectivity index (χ2n) is 7.16. The summed E-state index contributed by atoms with van der Waals surface area (Å²) in [6.07, 6.45) is 3.19. The van der Waals surface area contributed by atoms with Crippen molar-refractivity contribution in [3.05, 3.63) is 89.2 Å². The van der Waals surface area contributed by atoms with Gasteiger partial charge in [0.15, 0.2) is 5.13 Å². The van der Waals surface area contributed by atoms with Crippen molar-refractivity contribution in [2.45, 2.75) is 19.8 Å². The van der Waals surface area contributed by atoms with Gasteiger partial charge < -0.3 is 9.30 Å². The van der Waals surface area contributed by atoms with E-state index in [9.17, 15) is 18.0 Å². The summed E-state index contributed by atoms with van der Waals surface area (Å²) >= 11 is 1.26. The Balaban J connectivity index is 1.41. The summed E-state index contributed by atoms with van der Waals surface area (Å²) < 4.78 is 42.5. The van der Waals surface area contributed by atoms with E-state index in [0.29, 0.717) is 34.3 Å². The molecule has 7 nitrogen and oxygen atoms in total. The molecule has 0 saturated carbocycles. The molecule has 4 aromatic rings. The van der Waals surface area contributed by atoms with Gasteiger partial charge in [-0.1, -0.05) is 0 Å². The Labute approximate surface area is 196 Å². The van der Waals surface area contributed by atoms with E-state index in [-0.39, 0.29) is 5.91 Å². The molecule has 0 fully saturated rings. The van der Waals surface area contributed by atoms with E-state index in [4.69, 9.17) is 0 Å². The van der Waals surface area contributed by atoms with Crippen molar-refractivity contribution < 1.29 is 22.7 Å². The SMILES string of the molecule is CC(=Cc1csc(NC(=O)c2cccn2Cc2ccncc2)n1)c1ccc(OC(F)(F)F)cn1. The fourth-order valence-corrected chi connectivity index (χ4v) is 3.78. The van der Waals surface area contributed by atoms with Crippen LogP contribution in [0.2, 0.25) is 0 Å². The van der Waals surface area contributed by atoms with Crippen LogP contribution in [0.15, 0.2) is 66.6 Å². The number of allylic oxidation sites excluding steroid dienone is 1. The molecule has 0 radical (unpaired) electrons. The Morgan fingerprint density at radius 1 is 1.21 bits per heavy atom. The van der Waals surface area contributed by atoms with E-state index >= 15 is 0 Å². The summed E-state index contributed by atoms with van der Waals surface area (Å²) in [4.78, 5) is 25.2. The number of halogens is 3. The molecular formula is C23H18F3N5O2S. The first-order valence-corrected chi connectivity index (χ1v) is 10.9. The fourth-order valence-electron chi connectivity index (χ4n) is 3.12. The van der Waals surface area contributed by atoms with Crippen LogP contribution in [0.25, 0.3) is 11.6 Å². The van der Waals surface area contributed by atoms with Crippen molar-refractivity contribution in [1.82, 2.24) is 19.5 Å². The van der Waals surface area contributed by atoms with Gasteiger partial charge in [0.05, 0.1) is 17.6 Å². The molecule has 34 heavy (non-hydrogen) atoms. The molecule has 0 unspecified atom stereocenters. The maximum absolute atomic E-state index is 12.8. The van der Waals surface area contributed by atoms with Gasteiger partial charge in [-0.2, -0.15) is 0 Å². The average molecular weight is 485 g/mol. The van der Waals surface area contributed by atoms with Crippen molar-refractivity contribution in [1.29, 1.82) is 0 Å². The van der Waals surface area contributed by atoms with Crippen LogP contribution in [0.4, 0.5) is 18.3 Å². The number of alkyl halides is 3. The van der Waals surface area contributed by atoms with E-state index in [1.165, 1.54) is 23.5 Å². The molecule has 0 aromatic carbocycles. The van der Waals surface area contributed by atoms with Crippen LogP contribution in [0.1, 0.15) is 34.4 Å². The molecule has 1 amide bonds. The van der Waals surface area contributed by atoms with E-state index in [0.717, 1.165) is 11.8 Å². The lowest BCUT2D eigenvalue weighted by atomic mass is 10.1. The van der Waals surface area contributed by atoms with Gasteiger partial charge in [-0.25, -0.2) is 4.98 Å². The van der Waals surface area contributed by atoms with E-state index in [1.807, 2.05) is 22.9 Å². The minimum Gasteiger partial charge on any atom is -0.404 e. The quantitative estimate of drug-likeness (QED) is 0.374. The molecule has 0 aliphatic carbocycles. The number of anilines is 1. The molecule has 0 atom stereocenters. The maximum Gasteiger partial charge on any atom is 0.573 e. The van der Waals surface area contributed by atoms with Gasteiger partial charge in [-0.15, -0.1) is 24.5 Å². The topological polar surface area (TPSA) is 81.9 Å². The number of nitrogens with zero attached hydrogens (tertiary/aromatic N) is 4. The third kappa shape index (κ3) is 6.07. The number of carbonyl (C=O) groups is 1. The number of ether oxygens (including phenoxy) is 1. The number of aromatic nitrogens is 4. The lowest BCUT2D eigenvalue weighted by Crippen LogP contribution is -2.17. The van der Waals surface area contributed by atoms with Crippen LogP contribution < -0.4 is 10.1 Å². The monoisotopic (exact) mass is 485 g/mol. The number of hydrogen-bond acceptors (Lipinski definition) is 6. The molecule has 0 saturated heterocycles. The minimum absolute atomic E-state index is 0.289. The van der Waals surface area contributed by atoms with Gasteiger partial charge in [0.25, 0.3) is 5.91 Å². The molecule has 174 valence electrons. The summed E-state index contributed by atoms with van der Waals surface area (Å²) in [5.74, 6) is -0.682. The minimum atomic E-state index is -4.77. The van der Waals surface area contributed by atoms with Crippen molar-refractivity contribution in [2.24, 2.45) is 0 Å². The molecule has 0 bridgehead atoms. The number of carbonyl (C=O) groups excluding carboxylic acids is 1. The van der Waals surface area contributed by atoms with Crippen LogP contribution in [0.3, 0.4) is 0 Å². The molecule has 4 rings (SSSR count). The molecule has 0 spiro atoms. The second kappa shape index (κ2) is 9.87. The summed E-state index contributed by atoms with van der Waals surface area (Å²) in [5.41, 5.74) is 3.26. The number of thiazole rings is 1. The molecule has 0 aliphatic heterocycles. The van der Waals surface area contributed by atoms with Crippen molar-refractivity contribution >= 4 is 34.0 Å². The summed E-state index contributed by atoms with van der Waals surface area (Å²) in [7, 11) is 0. The van der Waals surface area contributed by atoms with Gasteiger partial charge in [0.2, 0.25) is 0 Å². The maximum atomic E-state index is 12.8. The smallest absolute Gasteiger partial charge is 0.404 e. The largest absolute Gasteiger partial charge is 0.573 e. The predicted octanol–water partition coefficient (Wildman–Crippen LogP) is 5.49. The Kier molecular flexibility index (Phi) is 6.73. The molecule has 1 N–H and O–H groups in total. The van der Waals surface area contributed by atoms with Crippen molar-refractivity contribution in [3.8, 4) is 5.75 Å². The van der Waals surface area contributed by atoms with Crippen LogP contribution in [0, 0.1) is 0 Å². The zero-order chi connectivity index (χ0) is 24.1. The number of hydrogen-bond donors (Lipinski definition) is 1. The summed E-state index contributed by atoms with van der Waals surface area (Å²) in [5, 5.41) is 4.98. The Bertz CT molecular complexity index is 1300. The van der Waals surface area contributed by atoms with Gasteiger partial charge in [0, 0.05) is 30.5 Å². The Morgan fingerprint density at radius 2 is 2.00 bits per heavy atom. The van der Waals surface area contributed by atoms with Crippen LogP contribution in [-0.2, 0) is 6.54 Å².